The Hall–Kier alpha value is -1.69. The molecule has 0 radical (unpaired) electrons. The minimum absolute atomic E-state index is 0.319. The molecule has 0 atom stereocenters. The summed E-state index contributed by atoms with van der Waals surface area (Å²) >= 11 is 0. The second-order valence-electron chi connectivity index (χ2n) is 7.01. The van der Waals surface area contributed by atoms with Gasteiger partial charge < -0.3 is 4.74 Å². The molecule has 0 aromatic rings. The van der Waals surface area contributed by atoms with Crippen LogP contribution in [-0.4, -0.2) is 26.1 Å². The highest BCUT2D eigenvalue weighted by Crippen LogP contribution is 2.19. The first kappa shape index (κ1) is 22.3. The van der Waals surface area contributed by atoms with Gasteiger partial charge in [-0.25, -0.2) is 4.79 Å². The summed E-state index contributed by atoms with van der Waals surface area (Å²) in [5.41, 5.74) is 1.42. The molecule has 0 fully saturated rings. The predicted octanol–water partition coefficient (Wildman–Crippen LogP) is 5.11. The second kappa shape index (κ2) is 12.7. The molecule has 0 N–H and O–H groups in total. The number of carbonyl (C=O) groups excluding carboxylic acids is 1. The van der Waals surface area contributed by atoms with Crippen molar-refractivity contribution in [2.75, 3.05) is 7.11 Å². The molecule has 6 heteroatoms. The van der Waals surface area contributed by atoms with E-state index in [2.05, 4.69) is 30.5 Å². The van der Waals surface area contributed by atoms with Gasteiger partial charge in [-0.05, 0) is 50.6 Å². The van der Waals surface area contributed by atoms with Gasteiger partial charge in [0, 0.05) is 14.1 Å². The molecule has 0 aliphatic carbocycles. The second-order valence-corrected chi connectivity index (χ2v) is 12.5. The van der Waals surface area contributed by atoms with Crippen molar-refractivity contribution in [3.8, 4) is 0 Å². The largest absolute Gasteiger partial charge is 0.466 e. The summed E-state index contributed by atoms with van der Waals surface area (Å²) in [6.07, 6.45) is 13.8. The van der Waals surface area contributed by atoms with Gasteiger partial charge in [-0.3, -0.25) is 10.1 Å². The average molecular weight is 354 g/mol. The van der Waals surface area contributed by atoms with Crippen molar-refractivity contribution < 1.29 is 14.5 Å². The first-order valence-corrected chi connectivity index (χ1v) is 12.2. The summed E-state index contributed by atoms with van der Waals surface area (Å²) in [5, 5.41) is 10.2. The number of hydrogen-bond donors (Lipinski definition) is 0. The van der Waals surface area contributed by atoms with Gasteiger partial charge in [0.25, 0.3) is 0 Å². The number of carbonyl (C=O) groups is 1. The average Bonchev–Trinajstić information content (AvgIpc) is 2.49. The molecule has 0 aliphatic rings. The number of hydrogen-bond acceptors (Lipinski definition) is 4. The van der Waals surface area contributed by atoms with E-state index in [9.17, 15) is 14.9 Å². The van der Waals surface area contributed by atoms with Crippen molar-refractivity contribution in [2.24, 2.45) is 0 Å². The minimum atomic E-state index is -1.12. The zero-order valence-electron chi connectivity index (χ0n) is 15.4. The summed E-state index contributed by atoms with van der Waals surface area (Å²) in [6, 6.07) is 1.16. The topological polar surface area (TPSA) is 69.4 Å². The highest BCUT2D eigenvalue weighted by Gasteiger charge is 2.11. The number of unbranched alkanes of at least 4 members (excludes halogenated alkanes) is 2. The van der Waals surface area contributed by atoms with E-state index in [-0.39, 0.29) is 5.97 Å². The molecule has 0 aliphatic heterocycles. The molecule has 136 valence electrons. The van der Waals surface area contributed by atoms with E-state index in [4.69, 9.17) is 0 Å². The Balaban J connectivity index is 4.35. The molecule has 0 heterocycles. The fourth-order valence-corrected chi connectivity index (χ4v) is 2.97. The maximum Gasteiger partial charge on any atom is 0.330 e. The lowest BCUT2D eigenvalue weighted by molar-refractivity contribution is -0.402. The Labute approximate surface area is 146 Å². The van der Waals surface area contributed by atoms with E-state index in [1.807, 2.05) is 6.08 Å². The molecule has 24 heavy (non-hydrogen) atoms. The Morgan fingerprint density at radius 2 is 1.83 bits per heavy atom. The highest BCUT2D eigenvalue weighted by atomic mass is 28.3. The lowest BCUT2D eigenvalue weighted by Crippen LogP contribution is -2.17. The van der Waals surface area contributed by atoms with Gasteiger partial charge in [-0.1, -0.05) is 37.4 Å². The SMILES string of the molecule is COC(=O)/C=C/CC/C(=C\C[Si](C)(C)C)CCCC/C=C/[N+](=O)[O-]. The molecule has 5 nitrogen and oxygen atoms in total. The molecular weight excluding hydrogens is 322 g/mol. The van der Waals surface area contributed by atoms with Crippen LogP contribution in [0.3, 0.4) is 0 Å². The fraction of sp³-hybridized carbons (Fsp3) is 0.611. The van der Waals surface area contributed by atoms with Crippen LogP contribution < -0.4 is 0 Å². The van der Waals surface area contributed by atoms with Gasteiger partial charge in [0.2, 0.25) is 6.20 Å². The zero-order valence-corrected chi connectivity index (χ0v) is 16.4. The molecule has 0 saturated carbocycles. The molecule has 0 rings (SSSR count). The van der Waals surface area contributed by atoms with E-state index < -0.39 is 13.0 Å². The van der Waals surface area contributed by atoms with E-state index in [0.29, 0.717) is 0 Å². The fourth-order valence-electron chi connectivity index (χ4n) is 2.07. The van der Waals surface area contributed by atoms with E-state index >= 15 is 0 Å². The van der Waals surface area contributed by atoms with Gasteiger partial charge in [-0.2, -0.15) is 0 Å². The van der Waals surface area contributed by atoms with Crippen molar-refractivity contribution in [3.05, 3.63) is 46.2 Å². The quantitative estimate of drug-likeness (QED) is 0.0929. The van der Waals surface area contributed by atoms with Gasteiger partial charge >= 0.3 is 5.97 Å². The number of rotatable bonds is 12. The van der Waals surface area contributed by atoms with E-state index in [1.165, 1.54) is 18.8 Å². The Bertz CT molecular complexity index is 476. The third kappa shape index (κ3) is 15.2. The van der Waals surface area contributed by atoms with E-state index in [0.717, 1.165) is 50.8 Å². The van der Waals surface area contributed by atoms with Crippen LogP contribution in [0.5, 0.6) is 0 Å². The normalized spacial score (nSPS) is 12.9. The third-order valence-corrected chi connectivity index (χ3v) is 4.87. The smallest absolute Gasteiger partial charge is 0.330 e. The summed E-state index contributed by atoms with van der Waals surface area (Å²) in [7, 11) is 0.256. The van der Waals surface area contributed by atoms with Gasteiger partial charge in [0.05, 0.1) is 12.0 Å². The molecule has 0 aromatic carbocycles. The molecule has 0 spiro atoms. The molecule has 0 amide bonds. The number of esters is 1. The van der Waals surface area contributed by atoms with Crippen LogP contribution in [0.4, 0.5) is 0 Å². The summed E-state index contributed by atoms with van der Waals surface area (Å²) in [4.78, 5) is 20.8. The molecule has 0 unspecified atom stereocenters. The summed E-state index contributed by atoms with van der Waals surface area (Å²) < 4.78 is 4.58. The van der Waals surface area contributed by atoms with Crippen LogP contribution in [-0.2, 0) is 9.53 Å². The van der Waals surface area contributed by atoms with Crippen LogP contribution in [0.2, 0.25) is 25.7 Å². The van der Waals surface area contributed by atoms with Gasteiger partial charge in [0.15, 0.2) is 0 Å². The number of allylic oxidation sites excluding steroid dienone is 4. The highest BCUT2D eigenvalue weighted by molar-refractivity contribution is 6.76. The van der Waals surface area contributed by atoms with E-state index in [1.54, 1.807) is 6.08 Å². The Kier molecular flexibility index (Phi) is 11.8. The van der Waals surface area contributed by atoms with Crippen molar-refractivity contribution in [2.45, 2.75) is 64.2 Å². The first-order valence-electron chi connectivity index (χ1n) is 8.47. The van der Waals surface area contributed by atoms with Crippen LogP contribution in [0.15, 0.2) is 36.1 Å². The van der Waals surface area contributed by atoms with Crippen molar-refractivity contribution in [3.63, 3.8) is 0 Å². The summed E-state index contributed by atoms with van der Waals surface area (Å²) in [6.45, 7) is 7.04. The zero-order chi connectivity index (χ0) is 18.4. The Morgan fingerprint density at radius 1 is 1.12 bits per heavy atom. The number of methoxy groups -OCH3 is 1. The van der Waals surface area contributed by atoms with Crippen molar-refractivity contribution >= 4 is 14.0 Å². The van der Waals surface area contributed by atoms with Crippen molar-refractivity contribution in [1.82, 2.24) is 0 Å². The van der Waals surface area contributed by atoms with Crippen LogP contribution in [0, 0.1) is 10.1 Å². The minimum Gasteiger partial charge on any atom is -0.466 e. The Morgan fingerprint density at radius 3 is 2.42 bits per heavy atom. The third-order valence-electron chi connectivity index (χ3n) is 3.44. The molecule has 0 saturated heterocycles. The predicted molar refractivity (Wildman–Crippen MR) is 101 cm³/mol. The van der Waals surface area contributed by atoms with Crippen LogP contribution in [0.1, 0.15) is 38.5 Å². The van der Waals surface area contributed by atoms with Crippen LogP contribution in [0.25, 0.3) is 0 Å². The van der Waals surface area contributed by atoms with Gasteiger partial charge in [-0.15, -0.1) is 0 Å². The number of nitro groups is 1. The molecule has 0 aromatic heterocycles. The maximum atomic E-state index is 11.1. The molecule has 0 bridgehead atoms. The summed E-state index contributed by atoms with van der Waals surface area (Å²) in [5.74, 6) is -0.319. The number of nitrogens with zero attached hydrogens (tertiary/aromatic N) is 1. The monoisotopic (exact) mass is 353 g/mol. The first-order chi connectivity index (χ1) is 11.2. The lowest BCUT2D eigenvalue weighted by atomic mass is 10.0. The van der Waals surface area contributed by atoms with Crippen LogP contribution >= 0.6 is 0 Å². The lowest BCUT2D eigenvalue weighted by Gasteiger charge is -2.14. The standard InChI is InChI=1S/C18H31NO4Si/c1-23-18(20)13-9-8-12-17(14-16-24(2,3)4)11-7-5-6-10-15-19(21)22/h9-10,13-15H,5-8,11-12,16H2,1-4H3/b13-9+,15-10+,17-14-. The van der Waals surface area contributed by atoms with Crippen molar-refractivity contribution in [1.29, 1.82) is 0 Å². The molecular formula is C18H31NO4Si. The number of ether oxygens (including phenoxy) is 1. The van der Waals surface area contributed by atoms with Gasteiger partial charge in [0.1, 0.15) is 0 Å². The maximum absolute atomic E-state index is 11.1.